The molecule has 2 bridgehead atoms. The summed E-state index contributed by atoms with van der Waals surface area (Å²) in [7, 11) is 3.01. The number of benzene rings is 1. The monoisotopic (exact) mass is 556 g/mol. The molecule has 1 saturated heterocycles. The summed E-state index contributed by atoms with van der Waals surface area (Å²) >= 11 is 0. The molecule has 0 aromatic heterocycles. The van der Waals surface area contributed by atoms with E-state index in [1.54, 1.807) is 37.3 Å². The molecule has 9 heteroatoms. The summed E-state index contributed by atoms with van der Waals surface area (Å²) in [5.41, 5.74) is -3.49. The second-order valence-corrected chi connectivity index (χ2v) is 12.5. The minimum Gasteiger partial charge on any atom is -0.455 e. The molecule has 3 fully saturated rings. The number of ether oxygens (including phenoxy) is 5. The number of esters is 2. The van der Waals surface area contributed by atoms with Gasteiger partial charge in [-0.25, -0.2) is 4.79 Å². The summed E-state index contributed by atoms with van der Waals surface area (Å²) in [4.78, 5) is 41.2. The average molecular weight is 557 g/mol. The van der Waals surface area contributed by atoms with Crippen molar-refractivity contribution in [2.45, 2.75) is 89.5 Å². The molecule has 1 aromatic rings. The molecule has 218 valence electrons. The highest BCUT2D eigenvalue weighted by Crippen LogP contribution is 2.64. The maximum atomic E-state index is 14.9. The highest BCUT2D eigenvalue weighted by Gasteiger charge is 2.77. The minimum absolute atomic E-state index is 0.00349. The van der Waals surface area contributed by atoms with Crippen molar-refractivity contribution in [1.29, 1.82) is 0 Å². The predicted molar refractivity (Wildman–Crippen MR) is 143 cm³/mol. The van der Waals surface area contributed by atoms with Crippen molar-refractivity contribution < 1.29 is 43.2 Å². The van der Waals surface area contributed by atoms with Gasteiger partial charge in [0.15, 0.2) is 11.4 Å². The first-order chi connectivity index (χ1) is 18.8. The van der Waals surface area contributed by atoms with Gasteiger partial charge in [0.2, 0.25) is 0 Å². The van der Waals surface area contributed by atoms with Crippen LogP contribution in [-0.4, -0.2) is 79.3 Å². The molecule has 3 aliphatic carbocycles. The molecule has 9 nitrogen and oxygen atoms in total. The molecule has 0 radical (unpaired) electrons. The second kappa shape index (κ2) is 9.76. The van der Waals surface area contributed by atoms with E-state index in [-0.39, 0.29) is 25.2 Å². The number of fused-ring (bicyclic) bond motifs is 5. The van der Waals surface area contributed by atoms with E-state index in [4.69, 9.17) is 23.7 Å². The van der Waals surface area contributed by atoms with E-state index in [0.717, 1.165) is 5.57 Å². The van der Waals surface area contributed by atoms with Gasteiger partial charge in [0.25, 0.3) is 0 Å². The summed E-state index contributed by atoms with van der Waals surface area (Å²) in [5, 5.41) is 12.9. The fourth-order valence-corrected chi connectivity index (χ4v) is 8.20. The van der Waals surface area contributed by atoms with Crippen molar-refractivity contribution in [3.05, 3.63) is 47.0 Å². The van der Waals surface area contributed by atoms with Crippen molar-refractivity contribution in [3.63, 3.8) is 0 Å². The van der Waals surface area contributed by atoms with Crippen LogP contribution in [0.5, 0.6) is 0 Å². The lowest BCUT2D eigenvalue weighted by Crippen LogP contribution is -2.81. The van der Waals surface area contributed by atoms with E-state index < -0.39 is 64.3 Å². The predicted octanol–water partition coefficient (Wildman–Crippen LogP) is 3.42. The number of rotatable bonds is 5. The summed E-state index contributed by atoms with van der Waals surface area (Å²) in [6.07, 6.45) is -2.53. The fraction of sp³-hybridized carbons (Fsp3) is 0.645. The molecule has 0 unspecified atom stereocenters. The van der Waals surface area contributed by atoms with Crippen LogP contribution in [0.4, 0.5) is 0 Å². The quantitative estimate of drug-likeness (QED) is 0.430. The molecule has 5 rings (SSSR count). The van der Waals surface area contributed by atoms with Crippen molar-refractivity contribution >= 4 is 17.7 Å². The lowest BCUT2D eigenvalue weighted by Gasteiger charge is -2.67. The molecule has 1 heterocycles. The van der Waals surface area contributed by atoms with Crippen LogP contribution in [0.3, 0.4) is 0 Å². The topological polar surface area (TPSA) is 118 Å². The van der Waals surface area contributed by atoms with Crippen LogP contribution in [0.1, 0.15) is 64.2 Å². The molecule has 0 spiro atoms. The number of methoxy groups -OCH3 is 2. The summed E-state index contributed by atoms with van der Waals surface area (Å²) < 4.78 is 30.3. The summed E-state index contributed by atoms with van der Waals surface area (Å²) in [5.74, 6) is -2.46. The van der Waals surface area contributed by atoms with E-state index in [1.807, 2.05) is 20.8 Å². The molecular weight excluding hydrogens is 516 g/mol. The third-order valence-electron chi connectivity index (χ3n) is 10.3. The van der Waals surface area contributed by atoms with Crippen molar-refractivity contribution in [2.75, 3.05) is 20.8 Å². The number of ketones is 1. The number of carbonyl (C=O) groups excluding carboxylic acids is 3. The Morgan fingerprint density at radius 3 is 2.30 bits per heavy atom. The number of hydrogen-bond acceptors (Lipinski definition) is 9. The Bertz CT molecular complexity index is 1240. The van der Waals surface area contributed by atoms with Crippen LogP contribution in [-0.2, 0) is 33.3 Å². The maximum absolute atomic E-state index is 14.9. The molecule has 0 amide bonds. The fourth-order valence-electron chi connectivity index (χ4n) is 8.20. The van der Waals surface area contributed by atoms with Gasteiger partial charge in [0.1, 0.15) is 23.9 Å². The Morgan fingerprint density at radius 1 is 1.07 bits per heavy atom. The second-order valence-electron chi connectivity index (χ2n) is 12.5. The molecule has 40 heavy (non-hydrogen) atoms. The molecule has 1 N–H and O–H groups in total. The third kappa shape index (κ3) is 3.77. The Balaban J connectivity index is 1.82. The first-order valence-corrected chi connectivity index (χ1v) is 13.9. The van der Waals surface area contributed by atoms with Crippen molar-refractivity contribution in [1.82, 2.24) is 0 Å². The zero-order valence-electron chi connectivity index (χ0n) is 24.3. The highest BCUT2D eigenvalue weighted by molar-refractivity contribution is 5.94. The number of aliphatic hydroxyl groups is 1. The zero-order valence-corrected chi connectivity index (χ0v) is 24.3. The number of carbonyl (C=O) groups is 3. The SMILES string of the molecule is CO[C@H]1C(=O)[C@]2(C)[C@@H](OC)C[C@@H]3OC[C@@]3(OC(C)=O)[C@H]2[C@H](OC(=O)c2ccccc2)[C@]2(O)CCC(C)=C1C2(C)C. The normalized spacial score (nSPS) is 40.1. The van der Waals surface area contributed by atoms with Crippen LogP contribution in [0.25, 0.3) is 0 Å². The van der Waals surface area contributed by atoms with Gasteiger partial charge in [-0.1, -0.05) is 37.6 Å². The van der Waals surface area contributed by atoms with Gasteiger partial charge in [-0.3, -0.25) is 9.59 Å². The Hall–Kier alpha value is -2.59. The van der Waals surface area contributed by atoms with Gasteiger partial charge in [-0.15, -0.1) is 0 Å². The molecule has 2 saturated carbocycles. The molecule has 4 aliphatic rings. The van der Waals surface area contributed by atoms with E-state index in [9.17, 15) is 19.5 Å². The lowest BCUT2D eigenvalue weighted by atomic mass is 9.45. The van der Waals surface area contributed by atoms with E-state index in [1.165, 1.54) is 21.1 Å². The van der Waals surface area contributed by atoms with E-state index in [0.29, 0.717) is 17.6 Å². The Morgan fingerprint density at radius 2 is 1.75 bits per heavy atom. The van der Waals surface area contributed by atoms with Gasteiger partial charge < -0.3 is 28.8 Å². The summed E-state index contributed by atoms with van der Waals surface area (Å²) in [6.45, 7) is 8.74. The van der Waals surface area contributed by atoms with Gasteiger partial charge in [0.05, 0.1) is 29.6 Å². The van der Waals surface area contributed by atoms with Crippen LogP contribution in [0.2, 0.25) is 0 Å². The first kappa shape index (κ1) is 28.9. The smallest absolute Gasteiger partial charge is 0.338 e. The Kier molecular flexibility index (Phi) is 7.05. The van der Waals surface area contributed by atoms with Gasteiger partial charge >= 0.3 is 11.9 Å². The van der Waals surface area contributed by atoms with E-state index >= 15 is 0 Å². The largest absolute Gasteiger partial charge is 0.455 e. The number of hydrogen-bond donors (Lipinski definition) is 1. The molecule has 1 aliphatic heterocycles. The van der Waals surface area contributed by atoms with Crippen LogP contribution >= 0.6 is 0 Å². The van der Waals surface area contributed by atoms with Gasteiger partial charge in [-0.05, 0) is 44.4 Å². The minimum atomic E-state index is -1.65. The van der Waals surface area contributed by atoms with Gasteiger partial charge in [0, 0.05) is 33.0 Å². The standard InChI is InChI=1S/C31H40O9/c1-17-13-14-31(35)26(39-27(34)19-11-9-8-10-12-19)24-29(5,25(33)23(37-7)22(17)28(31,3)4)20(36-6)15-21-30(24,16-38-21)40-18(2)32/h8-12,20-21,23-24,26,35H,13-16H2,1-7H3/t20-,21-,23+,24-,26-,29+,30-,31+/m0/s1. The van der Waals surface area contributed by atoms with Crippen LogP contribution in [0.15, 0.2) is 41.5 Å². The van der Waals surface area contributed by atoms with Gasteiger partial charge in [-0.2, -0.15) is 0 Å². The number of allylic oxidation sites excluding steroid dienone is 1. The molecule has 1 aromatic carbocycles. The maximum Gasteiger partial charge on any atom is 0.338 e. The van der Waals surface area contributed by atoms with E-state index in [2.05, 4.69) is 0 Å². The number of Topliss-reactive ketones (excluding diaryl/α,β-unsaturated/α-hetero) is 1. The van der Waals surface area contributed by atoms with Crippen LogP contribution in [0, 0.1) is 16.7 Å². The molecular formula is C31H40O9. The van der Waals surface area contributed by atoms with Crippen molar-refractivity contribution in [2.24, 2.45) is 16.7 Å². The highest BCUT2D eigenvalue weighted by atomic mass is 16.6. The molecule has 8 atom stereocenters. The average Bonchev–Trinajstić information content (AvgIpc) is 2.90. The zero-order chi connectivity index (χ0) is 29.3. The third-order valence-corrected chi connectivity index (χ3v) is 10.3. The van der Waals surface area contributed by atoms with Crippen LogP contribution < -0.4 is 0 Å². The summed E-state index contributed by atoms with van der Waals surface area (Å²) in [6, 6.07) is 8.52. The lowest BCUT2D eigenvalue weighted by molar-refractivity contribution is -0.346. The Labute approximate surface area is 235 Å². The van der Waals surface area contributed by atoms with Crippen molar-refractivity contribution in [3.8, 4) is 0 Å². The first-order valence-electron chi connectivity index (χ1n) is 13.9.